The van der Waals surface area contributed by atoms with Gasteiger partial charge in [-0.2, -0.15) is 4.89 Å². The van der Waals surface area contributed by atoms with Crippen molar-refractivity contribution in [3.8, 4) is 0 Å². The standard InChI is InChI=1S/C12H15BrO3/c1-12(9-13)7-8-14-11(15-16-12)10-5-3-2-4-6-10/h2-6,11H,7-9H2,1H3. The molecule has 2 unspecified atom stereocenters. The lowest BCUT2D eigenvalue weighted by Crippen LogP contribution is -2.30. The maximum Gasteiger partial charge on any atom is 0.217 e. The third-order valence-corrected chi connectivity index (χ3v) is 3.78. The molecular formula is C12H15BrO3. The molecule has 1 heterocycles. The Bertz CT molecular complexity index is 330. The Morgan fingerprint density at radius 1 is 1.38 bits per heavy atom. The molecule has 0 spiro atoms. The summed E-state index contributed by atoms with van der Waals surface area (Å²) in [6.07, 6.45) is 0.378. The molecule has 0 bridgehead atoms. The summed E-state index contributed by atoms with van der Waals surface area (Å²) in [5, 5.41) is 0.727. The van der Waals surface area contributed by atoms with E-state index in [4.69, 9.17) is 14.5 Å². The van der Waals surface area contributed by atoms with Crippen molar-refractivity contribution in [3.05, 3.63) is 35.9 Å². The summed E-state index contributed by atoms with van der Waals surface area (Å²) >= 11 is 3.42. The van der Waals surface area contributed by atoms with Gasteiger partial charge in [-0.3, -0.25) is 0 Å². The van der Waals surface area contributed by atoms with Crippen molar-refractivity contribution < 1.29 is 14.5 Å². The first kappa shape index (κ1) is 12.0. The van der Waals surface area contributed by atoms with Crippen LogP contribution in [0.2, 0.25) is 0 Å². The monoisotopic (exact) mass is 286 g/mol. The molecule has 0 aliphatic carbocycles. The Morgan fingerprint density at radius 3 is 2.81 bits per heavy atom. The molecule has 88 valence electrons. The highest BCUT2D eigenvalue weighted by molar-refractivity contribution is 9.09. The molecule has 1 aromatic rings. The zero-order chi connectivity index (χ0) is 11.4. The van der Waals surface area contributed by atoms with Crippen LogP contribution in [0.5, 0.6) is 0 Å². The fraction of sp³-hybridized carbons (Fsp3) is 0.500. The zero-order valence-electron chi connectivity index (χ0n) is 9.19. The molecule has 4 heteroatoms. The Morgan fingerprint density at radius 2 is 2.12 bits per heavy atom. The molecule has 16 heavy (non-hydrogen) atoms. The molecule has 2 atom stereocenters. The van der Waals surface area contributed by atoms with E-state index in [1.807, 2.05) is 37.3 Å². The van der Waals surface area contributed by atoms with Gasteiger partial charge in [0.2, 0.25) is 6.29 Å². The number of hydrogen-bond acceptors (Lipinski definition) is 3. The molecule has 0 radical (unpaired) electrons. The van der Waals surface area contributed by atoms with Crippen LogP contribution >= 0.6 is 15.9 Å². The van der Waals surface area contributed by atoms with Crippen LogP contribution in [0.15, 0.2) is 30.3 Å². The highest BCUT2D eigenvalue weighted by Gasteiger charge is 2.31. The lowest BCUT2D eigenvalue weighted by atomic mass is 10.1. The van der Waals surface area contributed by atoms with Gasteiger partial charge in [0, 0.05) is 17.3 Å². The molecule has 1 aliphatic heterocycles. The van der Waals surface area contributed by atoms with Gasteiger partial charge in [0.15, 0.2) is 0 Å². The fourth-order valence-electron chi connectivity index (χ4n) is 1.46. The van der Waals surface area contributed by atoms with Gasteiger partial charge in [-0.1, -0.05) is 46.3 Å². The number of halogens is 1. The molecule has 0 aromatic heterocycles. The lowest BCUT2D eigenvalue weighted by Gasteiger charge is -2.22. The van der Waals surface area contributed by atoms with Crippen LogP contribution in [-0.2, 0) is 14.5 Å². The molecular weight excluding hydrogens is 272 g/mol. The summed E-state index contributed by atoms with van der Waals surface area (Å²) < 4.78 is 5.62. The zero-order valence-corrected chi connectivity index (χ0v) is 10.8. The Labute approximate surface area is 104 Å². The SMILES string of the molecule is CC1(CBr)CCOC(c2ccccc2)OO1. The molecule has 2 rings (SSSR count). The Kier molecular flexibility index (Phi) is 3.97. The molecule has 1 fully saturated rings. The van der Waals surface area contributed by atoms with Crippen LogP contribution in [-0.4, -0.2) is 17.5 Å². The van der Waals surface area contributed by atoms with Gasteiger partial charge in [-0.25, -0.2) is 4.89 Å². The number of benzene rings is 1. The molecule has 0 amide bonds. The molecule has 0 saturated carbocycles. The maximum atomic E-state index is 5.62. The van der Waals surface area contributed by atoms with Crippen LogP contribution in [0.1, 0.15) is 25.2 Å². The predicted molar refractivity (Wildman–Crippen MR) is 64.1 cm³/mol. The quantitative estimate of drug-likeness (QED) is 0.617. The van der Waals surface area contributed by atoms with E-state index in [1.165, 1.54) is 0 Å². The van der Waals surface area contributed by atoms with E-state index in [-0.39, 0.29) is 5.60 Å². The highest BCUT2D eigenvalue weighted by atomic mass is 79.9. The molecule has 0 N–H and O–H groups in total. The van der Waals surface area contributed by atoms with Gasteiger partial charge in [-0.05, 0) is 6.92 Å². The minimum atomic E-state index is -0.429. The van der Waals surface area contributed by atoms with E-state index in [0.717, 1.165) is 17.3 Å². The normalized spacial score (nSPS) is 31.0. The van der Waals surface area contributed by atoms with E-state index in [1.54, 1.807) is 0 Å². The number of rotatable bonds is 2. The third kappa shape index (κ3) is 2.83. The molecule has 1 aliphatic rings. The summed E-state index contributed by atoms with van der Waals surface area (Å²) in [7, 11) is 0. The van der Waals surface area contributed by atoms with Crippen molar-refractivity contribution in [3.63, 3.8) is 0 Å². The van der Waals surface area contributed by atoms with Crippen LogP contribution in [0, 0.1) is 0 Å². The summed E-state index contributed by atoms with van der Waals surface area (Å²) in [4.78, 5) is 10.8. The van der Waals surface area contributed by atoms with Gasteiger partial charge in [-0.15, -0.1) is 0 Å². The smallest absolute Gasteiger partial charge is 0.217 e. The van der Waals surface area contributed by atoms with E-state index in [9.17, 15) is 0 Å². The van der Waals surface area contributed by atoms with Crippen molar-refractivity contribution in [2.75, 3.05) is 11.9 Å². The van der Waals surface area contributed by atoms with Crippen molar-refractivity contribution in [1.29, 1.82) is 0 Å². The minimum Gasteiger partial charge on any atom is -0.346 e. The van der Waals surface area contributed by atoms with Crippen LogP contribution < -0.4 is 0 Å². The van der Waals surface area contributed by atoms with E-state index >= 15 is 0 Å². The highest BCUT2D eigenvalue weighted by Crippen LogP contribution is 2.29. The lowest BCUT2D eigenvalue weighted by molar-refractivity contribution is -0.404. The fourth-order valence-corrected chi connectivity index (χ4v) is 1.84. The Hall–Kier alpha value is -0.420. The molecule has 3 nitrogen and oxygen atoms in total. The summed E-state index contributed by atoms with van der Waals surface area (Å²) in [6, 6.07) is 9.80. The second kappa shape index (κ2) is 5.27. The van der Waals surface area contributed by atoms with Crippen LogP contribution in [0.3, 0.4) is 0 Å². The van der Waals surface area contributed by atoms with Crippen molar-refractivity contribution in [2.24, 2.45) is 0 Å². The van der Waals surface area contributed by atoms with E-state index in [0.29, 0.717) is 6.61 Å². The van der Waals surface area contributed by atoms with Gasteiger partial charge in [0.25, 0.3) is 0 Å². The number of ether oxygens (including phenoxy) is 1. The van der Waals surface area contributed by atoms with Crippen LogP contribution in [0.4, 0.5) is 0 Å². The van der Waals surface area contributed by atoms with Crippen molar-refractivity contribution in [2.45, 2.75) is 25.2 Å². The number of alkyl halides is 1. The molecule has 1 saturated heterocycles. The minimum absolute atomic E-state index is 0.316. The van der Waals surface area contributed by atoms with E-state index < -0.39 is 6.29 Å². The average molecular weight is 287 g/mol. The first-order chi connectivity index (χ1) is 7.73. The van der Waals surface area contributed by atoms with Crippen molar-refractivity contribution in [1.82, 2.24) is 0 Å². The topological polar surface area (TPSA) is 27.7 Å². The predicted octanol–water partition coefficient (Wildman–Crippen LogP) is 3.21. The van der Waals surface area contributed by atoms with Gasteiger partial charge < -0.3 is 4.74 Å². The Balaban J connectivity index is 2.05. The van der Waals surface area contributed by atoms with Gasteiger partial charge >= 0.3 is 0 Å². The molecule has 1 aromatic carbocycles. The second-order valence-corrected chi connectivity index (χ2v) is 4.69. The summed E-state index contributed by atoms with van der Waals surface area (Å²) in [6.45, 7) is 2.63. The first-order valence-electron chi connectivity index (χ1n) is 5.30. The average Bonchev–Trinajstić information content (AvgIpc) is 2.53. The third-order valence-electron chi connectivity index (χ3n) is 2.59. The van der Waals surface area contributed by atoms with Crippen molar-refractivity contribution >= 4 is 15.9 Å². The first-order valence-corrected chi connectivity index (χ1v) is 6.43. The van der Waals surface area contributed by atoms with Gasteiger partial charge in [0.1, 0.15) is 5.60 Å². The maximum absolute atomic E-state index is 5.62. The van der Waals surface area contributed by atoms with Crippen LogP contribution in [0.25, 0.3) is 0 Å². The van der Waals surface area contributed by atoms with E-state index in [2.05, 4.69) is 15.9 Å². The summed E-state index contributed by atoms with van der Waals surface area (Å²) in [5.74, 6) is 0. The van der Waals surface area contributed by atoms with Gasteiger partial charge in [0.05, 0.1) is 6.61 Å². The summed E-state index contributed by atoms with van der Waals surface area (Å²) in [5.41, 5.74) is 0.658. The second-order valence-electron chi connectivity index (χ2n) is 4.13. The largest absolute Gasteiger partial charge is 0.346 e. The number of hydrogen-bond donors (Lipinski definition) is 0.